The average Bonchev–Trinajstić information content (AvgIpc) is 2.67. The van der Waals surface area contributed by atoms with E-state index in [1.807, 2.05) is 12.1 Å². The van der Waals surface area contributed by atoms with Crippen molar-refractivity contribution in [3.05, 3.63) is 29.8 Å². The number of aliphatic hydroxyl groups is 1. The maximum Gasteiger partial charge on any atom is 0.192 e. The van der Waals surface area contributed by atoms with Crippen molar-refractivity contribution < 1.29 is 19.0 Å². The highest BCUT2D eigenvalue weighted by atomic mass is 28.4. The Hall–Kier alpha value is -0.883. The quantitative estimate of drug-likeness (QED) is 0.358. The minimum absolute atomic E-state index is 0.00465. The van der Waals surface area contributed by atoms with Gasteiger partial charge in [0.2, 0.25) is 0 Å². The molecule has 1 N–H and O–H groups in total. The molecule has 0 unspecified atom stereocenters. The predicted octanol–water partition coefficient (Wildman–Crippen LogP) is 6.25. The van der Waals surface area contributed by atoms with Gasteiger partial charge >= 0.3 is 0 Å². The van der Waals surface area contributed by atoms with E-state index in [1.54, 1.807) is 0 Å². The molecule has 1 fully saturated rings. The first kappa shape index (κ1) is 24.4. The smallest absolute Gasteiger partial charge is 0.192 e. The van der Waals surface area contributed by atoms with E-state index in [0.717, 1.165) is 37.2 Å². The van der Waals surface area contributed by atoms with E-state index in [0.29, 0.717) is 6.61 Å². The summed E-state index contributed by atoms with van der Waals surface area (Å²) in [7, 11) is -1.86. The van der Waals surface area contributed by atoms with E-state index in [4.69, 9.17) is 13.9 Å². The van der Waals surface area contributed by atoms with Gasteiger partial charge in [-0.2, -0.15) is 0 Å². The van der Waals surface area contributed by atoms with Crippen LogP contribution in [-0.2, 0) is 9.16 Å². The summed E-state index contributed by atoms with van der Waals surface area (Å²) in [6, 6.07) is 8.25. The molecule has 3 atom stereocenters. The molecule has 1 saturated heterocycles. The monoisotopic (exact) mass is 422 g/mol. The van der Waals surface area contributed by atoms with Crippen LogP contribution in [0, 0.1) is 0 Å². The molecule has 1 heterocycles. The van der Waals surface area contributed by atoms with Gasteiger partial charge in [-0.05, 0) is 55.1 Å². The van der Waals surface area contributed by atoms with Crippen molar-refractivity contribution >= 4 is 8.32 Å². The van der Waals surface area contributed by atoms with Crippen LogP contribution < -0.4 is 4.74 Å². The summed E-state index contributed by atoms with van der Waals surface area (Å²) in [4.78, 5) is 0. The fourth-order valence-corrected chi connectivity index (χ4v) is 4.29. The van der Waals surface area contributed by atoms with Gasteiger partial charge in [0.05, 0.1) is 25.4 Å². The molecule has 2 rings (SSSR count). The SMILES string of the molecule is CCCCCCOc1ccc([C@@H]2CC[C@H](O)[C@@H](CO[Si](C)(C)C(C)(C)C)O2)cc1. The first-order valence-electron chi connectivity index (χ1n) is 11.3. The molecule has 0 saturated carbocycles. The first-order valence-corrected chi connectivity index (χ1v) is 14.2. The third-order valence-corrected chi connectivity index (χ3v) is 10.9. The summed E-state index contributed by atoms with van der Waals surface area (Å²) in [5.74, 6) is 0.916. The Balaban J connectivity index is 1.87. The lowest BCUT2D eigenvalue weighted by molar-refractivity contribution is -0.133. The number of rotatable bonds is 10. The highest BCUT2D eigenvalue weighted by Crippen LogP contribution is 2.38. The van der Waals surface area contributed by atoms with Crippen molar-refractivity contribution in [2.75, 3.05) is 13.2 Å². The Morgan fingerprint density at radius 3 is 2.38 bits per heavy atom. The van der Waals surface area contributed by atoms with E-state index in [9.17, 15) is 5.11 Å². The Morgan fingerprint density at radius 1 is 1.07 bits per heavy atom. The third kappa shape index (κ3) is 7.39. The Kier molecular flexibility index (Phi) is 9.20. The normalized spacial score (nSPS) is 23.2. The zero-order chi connectivity index (χ0) is 21.5. The van der Waals surface area contributed by atoms with E-state index >= 15 is 0 Å². The van der Waals surface area contributed by atoms with Gasteiger partial charge < -0.3 is 19.0 Å². The third-order valence-electron chi connectivity index (χ3n) is 6.43. The van der Waals surface area contributed by atoms with Gasteiger partial charge in [-0.1, -0.05) is 59.1 Å². The summed E-state index contributed by atoms with van der Waals surface area (Å²) in [6.07, 6.45) is 5.70. The highest BCUT2D eigenvalue weighted by Gasteiger charge is 2.39. The molecule has 1 aliphatic heterocycles. The molecule has 0 aliphatic carbocycles. The fraction of sp³-hybridized carbons (Fsp3) is 0.750. The maximum atomic E-state index is 10.4. The average molecular weight is 423 g/mol. The van der Waals surface area contributed by atoms with Crippen LogP contribution in [0.3, 0.4) is 0 Å². The van der Waals surface area contributed by atoms with E-state index in [2.05, 4.69) is 52.9 Å². The van der Waals surface area contributed by atoms with Gasteiger partial charge in [0.1, 0.15) is 11.9 Å². The summed E-state index contributed by atoms with van der Waals surface area (Å²) in [6.45, 7) is 14.6. The molecule has 1 aromatic rings. The van der Waals surface area contributed by atoms with Gasteiger partial charge in [0.25, 0.3) is 0 Å². The Morgan fingerprint density at radius 2 is 1.76 bits per heavy atom. The first-order chi connectivity index (χ1) is 13.6. The molecule has 1 aromatic carbocycles. The van der Waals surface area contributed by atoms with Gasteiger partial charge in [-0.15, -0.1) is 0 Å². The van der Waals surface area contributed by atoms with Crippen molar-refractivity contribution in [2.45, 2.75) is 103 Å². The summed E-state index contributed by atoms with van der Waals surface area (Å²) in [5, 5.41) is 10.6. The number of ether oxygens (including phenoxy) is 2. The van der Waals surface area contributed by atoms with E-state index in [1.165, 1.54) is 19.3 Å². The molecule has 166 valence electrons. The number of unbranched alkanes of at least 4 members (excludes halogenated alkanes) is 3. The largest absolute Gasteiger partial charge is 0.494 e. The molecule has 5 heteroatoms. The lowest BCUT2D eigenvalue weighted by atomic mass is 9.96. The summed E-state index contributed by atoms with van der Waals surface area (Å²) in [5.41, 5.74) is 1.15. The van der Waals surface area contributed by atoms with Crippen LogP contribution in [0.2, 0.25) is 18.1 Å². The van der Waals surface area contributed by atoms with Crippen LogP contribution in [0.25, 0.3) is 0 Å². The Bertz CT molecular complexity index is 594. The second kappa shape index (κ2) is 10.9. The van der Waals surface area contributed by atoms with E-state index in [-0.39, 0.29) is 17.2 Å². The molecular formula is C24H42O4Si. The minimum atomic E-state index is -1.86. The molecule has 0 spiro atoms. The Labute approximate surface area is 179 Å². The lowest BCUT2D eigenvalue weighted by Crippen LogP contribution is -2.46. The molecule has 0 bridgehead atoms. The molecule has 0 aromatic heterocycles. The topological polar surface area (TPSA) is 47.9 Å². The standard InChI is InChI=1S/C24H42O4Si/c1-7-8-9-10-17-26-20-13-11-19(12-14-20)22-16-15-21(25)23(28-22)18-27-29(5,6)24(2,3)4/h11-14,21-23,25H,7-10,15-18H2,1-6H3/t21-,22-,23+/m0/s1. The maximum absolute atomic E-state index is 10.4. The number of aliphatic hydroxyl groups excluding tert-OH is 1. The molecular weight excluding hydrogens is 380 g/mol. The van der Waals surface area contributed by atoms with Gasteiger partial charge in [-0.25, -0.2) is 0 Å². The molecule has 29 heavy (non-hydrogen) atoms. The zero-order valence-electron chi connectivity index (χ0n) is 19.4. The van der Waals surface area contributed by atoms with Gasteiger partial charge in [-0.3, -0.25) is 0 Å². The fourth-order valence-electron chi connectivity index (χ4n) is 3.28. The molecule has 1 aliphatic rings. The van der Waals surface area contributed by atoms with Crippen LogP contribution in [0.4, 0.5) is 0 Å². The number of benzene rings is 1. The second-order valence-corrected chi connectivity index (χ2v) is 14.7. The zero-order valence-corrected chi connectivity index (χ0v) is 20.4. The van der Waals surface area contributed by atoms with Crippen molar-refractivity contribution in [3.63, 3.8) is 0 Å². The van der Waals surface area contributed by atoms with Gasteiger partial charge in [0.15, 0.2) is 8.32 Å². The van der Waals surface area contributed by atoms with Crippen molar-refractivity contribution in [3.8, 4) is 5.75 Å². The summed E-state index contributed by atoms with van der Waals surface area (Å²) < 4.78 is 18.4. The molecule has 0 amide bonds. The predicted molar refractivity (Wildman–Crippen MR) is 122 cm³/mol. The van der Waals surface area contributed by atoms with Crippen molar-refractivity contribution in [2.24, 2.45) is 0 Å². The van der Waals surface area contributed by atoms with Crippen LogP contribution in [0.1, 0.15) is 77.9 Å². The van der Waals surface area contributed by atoms with Gasteiger partial charge in [0, 0.05) is 0 Å². The van der Waals surface area contributed by atoms with Crippen LogP contribution in [0.5, 0.6) is 5.75 Å². The number of hydrogen-bond acceptors (Lipinski definition) is 4. The lowest BCUT2D eigenvalue weighted by Gasteiger charge is -2.40. The number of hydrogen-bond donors (Lipinski definition) is 1. The minimum Gasteiger partial charge on any atom is -0.494 e. The van der Waals surface area contributed by atoms with Crippen LogP contribution in [0.15, 0.2) is 24.3 Å². The second-order valence-electron chi connectivity index (χ2n) is 9.86. The van der Waals surface area contributed by atoms with E-state index < -0.39 is 14.4 Å². The van der Waals surface area contributed by atoms with Crippen LogP contribution in [-0.4, -0.2) is 38.8 Å². The van der Waals surface area contributed by atoms with Crippen molar-refractivity contribution in [1.82, 2.24) is 0 Å². The van der Waals surface area contributed by atoms with Crippen LogP contribution >= 0.6 is 0 Å². The van der Waals surface area contributed by atoms with Crippen molar-refractivity contribution in [1.29, 1.82) is 0 Å². The summed E-state index contributed by atoms with van der Waals surface area (Å²) >= 11 is 0. The molecule has 4 nitrogen and oxygen atoms in total. The highest BCUT2D eigenvalue weighted by molar-refractivity contribution is 6.74. The molecule has 0 radical (unpaired) electrons.